The number of halogens is 3. The fourth-order valence-corrected chi connectivity index (χ4v) is 2.28. The van der Waals surface area contributed by atoms with Crippen molar-refractivity contribution in [3.05, 3.63) is 17.2 Å². The van der Waals surface area contributed by atoms with Gasteiger partial charge in [0.2, 0.25) is 0 Å². The lowest BCUT2D eigenvalue weighted by Gasteiger charge is -2.23. The number of rotatable bonds is 5. The molecule has 0 aliphatic carbocycles. The molecule has 18 heavy (non-hydrogen) atoms. The maximum Gasteiger partial charge on any atom is 0.147 e. The van der Waals surface area contributed by atoms with Crippen LogP contribution in [0.15, 0.2) is 6.07 Å². The average molecular weight is 315 g/mol. The zero-order chi connectivity index (χ0) is 13.0. The van der Waals surface area contributed by atoms with Crippen molar-refractivity contribution in [2.75, 3.05) is 33.2 Å². The Labute approximate surface area is 124 Å². The summed E-state index contributed by atoms with van der Waals surface area (Å²) in [4.78, 5) is 1.95. The van der Waals surface area contributed by atoms with Crippen molar-refractivity contribution < 1.29 is 9.47 Å². The molecule has 0 bridgehead atoms. The summed E-state index contributed by atoms with van der Waals surface area (Å²) in [5.41, 5.74) is 2.71. The third-order valence-corrected chi connectivity index (χ3v) is 3.10. The maximum absolute atomic E-state index is 5.99. The second-order valence-electron chi connectivity index (χ2n) is 3.76. The summed E-state index contributed by atoms with van der Waals surface area (Å²) < 4.78 is 10.8. The van der Waals surface area contributed by atoms with Crippen LogP contribution in [0, 0.1) is 0 Å². The Morgan fingerprint density at radius 1 is 1.11 bits per heavy atom. The highest BCUT2D eigenvalue weighted by Gasteiger charge is 2.19. The molecule has 104 valence electrons. The van der Waals surface area contributed by atoms with Crippen LogP contribution in [0.4, 0.5) is 5.69 Å². The summed E-state index contributed by atoms with van der Waals surface area (Å²) in [5.74, 6) is 2.21. The van der Waals surface area contributed by atoms with Crippen molar-refractivity contribution in [2.24, 2.45) is 0 Å². The number of hydrogen-bond donors (Lipinski definition) is 0. The number of nitrogens with zero attached hydrogens (tertiary/aromatic N) is 1. The summed E-state index contributed by atoms with van der Waals surface area (Å²) in [5, 5.41) is 0. The highest BCUT2D eigenvalue weighted by atomic mass is 35.5. The van der Waals surface area contributed by atoms with E-state index < -0.39 is 0 Å². The zero-order valence-corrected chi connectivity index (χ0v) is 13.2. The van der Waals surface area contributed by atoms with Gasteiger partial charge in [-0.05, 0) is 6.07 Å². The lowest BCUT2D eigenvalue weighted by molar-refractivity contribution is 0.398. The predicted molar refractivity (Wildman–Crippen MR) is 80.2 cm³/mol. The largest absolute Gasteiger partial charge is 0.496 e. The fourth-order valence-electron chi connectivity index (χ4n) is 1.83. The van der Waals surface area contributed by atoms with Gasteiger partial charge in [0.15, 0.2) is 0 Å². The summed E-state index contributed by atoms with van der Waals surface area (Å²) >= 11 is 11.9. The third kappa shape index (κ3) is 3.28. The maximum atomic E-state index is 5.99. The number of anilines is 1. The Morgan fingerprint density at radius 2 is 1.72 bits per heavy atom. The minimum atomic E-state index is 0. The number of hydrogen-bond acceptors (Lipinski definition) is 3. The van der Waals surface area contributed by atoms with Crippen molar-refractivity contribution >= 4 is 41.3 Å². The molecule has 0 aromatic heterocycles. The van der Waals surface area contributed by atoms with Gasteiger partial charge < -0.3 is 14.4 Å². The molecule has 0 spiro atoms. The lowest BCUT2D eigenvalue weighted by atomic mass is 10.1. The van der Waals surface area contributed by atoms with E-state index in [1.165, 1.54) is 0 Å². The van der Waals surface area contributed by atoms with Crippen molar-refractivity contribution in [2.45, 2.75) is 11.8 Å². The molecule has 0 N–H and O–H groups in total. The van der Waals surface area contributed by atoms with Gasteiger partial charge >= 0.3 is 0 Å². The Hall–Kier alpha value is -0.510. The molecule has 0 aliphatic heterocycles. The number of methoxy groups -OCH3 is 2. The van der Waals surface area contributed by atoms with Gasteiger partial charge in [0.05, 0.1) is 31.7 Å². The topological polar surface area (TPSA) is 21.7 Å². The van der Waals surface area contributed by atoms with Crippen LogP contribution in [-0.4, -0.2) is 28.3 Å². The summed E-state index contributed by atoms with van der Waals surface area (Å²) in [6.45, 7) is 0. The first kappa shape index (κ1) is 17.5. The standard InChI is InChI=1S/C12H17Cl2NO2.ClH/c1-15(2)11-9(7-14)10(16-3)5-8(6-13)12(11)17-4;/h5H,6-7H2,1-4H3;1H. The van der Waals surface area contributed by atoms with Crippen molar-refractivity contribution in [1.29, 1.82) is 0 Å². The Balaban J connectivity index is 0.00000289. The van der Waals surface area contributed by atoms with Gasteiger partial charge in [-0.15, -0.1) is 35.6 Å². The van der Waals surface area contributed by atoms with Crippen LogP contribution in [0.1, 0.15) is 11.1 Å². The molecular weight excluding hydrogens is 296 g/mol. The minimum Gasteiger partial charge on any atom is -0.496 e. The summed E-state index contributed by atoms with van der Waals surface area (Å²) in [6.07, 6.45) is 0. The first-order valence-electron chi connectivity index (χ1n) is 5.16. The van der Waals surface area contributed by atoms with Gasteiger partial charge in [-0.3, -0.25) is 0 Å². The van der Waals surface area contributed by atoms with E-state index in [1.54, 1.807) is 14.2 Å². The molecule has 0 unspecified atom stereocenters. The summed E-state index contributed by atoms with van der Waals surface area (Å²) in [6, 6.07) is 1.87. The monoisotopic (exact) mass is 313 g/mol. The molecular formula is C12H18Cl3NO2. The minimum absolute atomic E-state index is 0. The molecule has 1 aromatic rings. The molecule has 1 aromatic carbocycles. The molecule has 1 rings (SSSR count). The van der Waals surface area contributed by atoms with Gasteiger partial charge in [0.1, 0.15) is 11.5 Å². The van der Waals surface area contributed by atoms with E-state index in [4.69, 9.17) is 32.7 Å². The van der Waals surface area contributed by atoms with E-state index >= 15 is 0 Å². The SMILES string of the molecule is COc1cc(CCl)c(OC)c(N(C)C)c1CCl.Cl. The van der Waals surface area contributed by atoms with E-state index in [9.17, 15) is 0 Å². The average Bonchev–Trinajstić information content (AvgIpc) is 2.35. The second-order valence-corrected chi connectivity index (χ2v) is 4.29. The molecule has 0 fully saturated rings. The Bertz CT molecular complexity index is 367. The number of benzene rings is 1. The molecule has 0 heterocycles. The van der Waals surface area contributed by atoms with Crippen LogP contribution in [0.25, 0.3) is 0 Å². The Kier molecular flexibility index (Phi) is 7.60. The Morgan fingerprint density at radius 3 is 2.06 bits per heavy atom. The van der Waals surface area contributed by atoms with Crippen molar-refractivity contribution in [3.63, 3.8) is 0 Å². The van der Waals surface area contributed by atoms with Gasteiger partial charge in [0.25, 0.3) is 0 Å². The van der Waals surface area contributed by atoms with E-state index in [-0.39, 0.29) is 12.4 Å². The van der Waals surface area contributed by atoms with Crippen molar-refractivity contribution in [1.82, 2.24) is 0 Å². The highest BCUT2D eigenvalue weighted by molar-refractivity contribution is 6.18. The first-order chi connectivity index (χ1) is 8.10. The smallest absolute Gasteiger partial charge is 0.147 e. The predicted octanol–water partition coefficient (Wildman–Crippen LogP) is 3.67. The van der Waals surface area contributed by atoms with Crippen LogP contribution < -0.4 is 14.4 Å². The van der Waals surface area contributed by atoms with E-state index in [0.29, 0.717) is 11.8 Å². The van der Waals surface area contributed by atoms with E-state index in [1.807, 2.05) is 25.1 Å². The van der Waals surface area contributed by atoms with Crippen LogP contribution in [0.2, 0.25) is 0 Å². The van der Waals surface area contributed by atoms with E-state index in [0.717, 1.165) is 28.3 Å². The van der Waals surface area contributed by atoms with Crippen LogP contribution in [0.3, 0.4) is 0 Å². The summed E-state index contributed by atoms with van der Waals surface area (Å²) in [7, 11) is 7.12. The fraction of sp³-hybridized carbons (Fsp3) is 0.500. The van der Waals surface area contributed by atoms with Gasteiger partial charge in [-0.25, -0.2) is 0 Å². The molecule has 0 amide bonds. The molecule has 0 saturated carbocycles. The van der Waals surface area contributed by atoms with Crippen LogP contribution in [0.5, 0.6) is 11.5 Å². The third-order valence-electron chi connectivity index (χ3n) is 2.54. The highest BCUT2D eigenvalue weighted by Crippen LogP contribution is 2.41. The molecule has 0 radical (unpaired) electrons. The number of ether oxygens (including phenoxy) is 2. The molecule has 0 aliphatic rings. The molecule has 0 atom stereocenters. The molecule has 3 nitrogen and oxygen atoms in total. The van der Waals surface area contributed by atoms with Gasteiger partial charge in [-0.2, -0.15) is 0 Å². The van der Waals surface area contributed by atoms with E-state index in [2.05, 4.69) is 0 Å². The second kappa shape index (κ2) is 7.82. The molecule has 6 heteroatoms. The van der Waals surface area contributed by atoms with Gasteiger partial charge in [0, 0.05) is 25.2 Å². The normalized spacial score (nSPS) is 9.67. The first-order valence-corrected chi connectivity index (χ1v) is 6.23. The van der Waals surface area contributed by atoms with Gasteiger partial charge in [-0.1, -0.05) is 0 Å². The van der Waals surface area contributed by atoms with Crippen molar-refractivity contribution in [3.8, 4) is 11.5 Å². The lowest BCUT2D eigenvalue weighted by Crippen LogP contribution is -2.14. The van der Waals surface area contributed by atoms with Crippen LogP contribution >= 0.6 is 35.6 Å². The van der Waals surface area contributed by atoms with Crippen LogP contribution in [-0.2, 0) is 11.8 Å². The zero-order valence-electron chi connectivity index (χ0n) is 10.9. The molecule has 0 saturated heterocycles. The quantitative estimate of drug-likeness (QED) is 0.774. The number of alkyl halides is 2.